The third kappa shape index (κ3) is 2.06. The monoisotopic (exact) mass is 238 g/mol. The molecule has 2 aliphatic carbocycles. The molecule has 0 bridgehead atoms. The number of hydrogen-bond acceptors (Lipinski definition) is 2. The van der Waals surface area contributed by atoms with Crippen molar-refractivity contribution in [2.24, 2.45) is 17.3 Å². The van der Waals surface area contributed by atoms with Crippen LogP contribution in [0.25, 0.3) is 0 Å². The first-order valence-electron chi connectivity index (χ1n) is 6.83. The minimum atomic E-state index is -0.623. The Kier molecular flexibility index (Phi) is 3.16. The molecule has 0 heterocycles. The molecule has 0 aromatic carbocycles. The quantitative estimate of drug-likeness (QED) is 0.690. The van der Waals surface area contributed by atoms with E-state index in [1.54, 1.807) is 0 Å². The van der Waals surface area contributed by atoms with Gasteiger partial charge in [0.15, 0.2) is 0 Å². The summed E-state index contributed by atoms with van der Waals surface area (Å²) in [6, 6.07) is 0. The van der Waals surface area contributed by atoms with E-state index in [2.05, 4.69) is 20.4 Å². The molecule has 17 heavy (non-hydrogen) atoms. The third-order valence-electron chi connectivity index (χ3n) is 5.48. The molecule has 0 amide bonds. The van der Waals surface area contributed by atoms with Crippen molar-refractivity contribution in [2.75, 3.05) is 0 Å². The molecule has 0 aliphatic heterocycles. The Morgan fingerprint density at radius 2 is 1.88 bits per heavy atom. The van der Waals surface area contributed by atoms with E-state index >= 15 is 0 Å². The Labute approximate surface area is 105 Å². The van der Waals surface area contributed by atoms with Crippen LogP contribution in [-0.2, 0) is 0 Å². The Hall–Kier alpha value is -0.340. The van der Waals surface area contributed by atoms with Gasteiger partial charge in [-0.25, -0.2) is 0 Å². The number of allylic oxidation sites excluding steroid dienone is 1. The molecule has 0 unspecified atom stereocenters. The fraction of sp³-hybridized carbons (Fsp3) is 0.867. The van der Waals surface area contributed by atoms with E-state index in [1.165, 1.54) is 5.57 Å². The van der Waals surface area contributed by atoms with Crippen molar-refractivity contribution in [1.82, 2.24) is 0 Å². The lowest BCUT2D eigenvalue weighted by molar-refractivity contribution is -0.171. The second kappa shape index (κ2) is 4.10. The topological polar surface area (TPSA) is 40.5 Å². The lowest BCUT2D eigenvalue weighted by Crippen LogP contribution is -2.57. The van der Waals surface area contributed by atoms with Gasteiger partial charge in [-0.3, -0.25) is 0 Å². The maximum absolute atomic E-state index is 10.6. The molecule has 2 nitrogen and oxygen atoms in total. The summed E-state index contributed by atoms with van der Waals surface area (Å²) in [6.07, 6.45) is 4.30. The van der Waals surface area contributed by atoms with E-state index in [9.17, 15) is 10.2 Å². The van der Waals surface area contributed by atoms with Crippen molar-refractivity contribution in [1.29, 1.82) is 0 Å². The summed E-state index contributed by atoms with van der Waals surface area (Å²) in [6.45, 7) is 10.3. The van der Waals surface area contributed by atoms with Gasteiger partial charge in [-0.15, -0.1) is 0 Å². The molecule has 0 spiro atoms. The molecule has 0 aromatic rings. The van der Waals surface area contributed by atoms with Crippen molar-refractivity contribution < 1.29 is 10.2 Å². The van der Waals surface area contributed by atoms with E-state index < -0.39 is 5.60 Å². The summed E-state index contributed by atoms with van der Waals surface area (Å²) in [7, 11) is 0. The predicted octanol–water partition coefficient (Wildman–Crippen LogP) is 2.89. The standard InChI is InChI=1S/C15H26O2/c1-10(2)11-5-7-14(3)12(9-11)15(4,17)8-6-13(14)16/h11-13,16-17H,1,5-9H2,2-4H3/t11-,12-,13-,14-,15+/m0/s1. The van der Waals surface area contributed by atoms with Gasteiger partial charge in [0, 0.05) is 0 Å². The SMILES string of the molecule is C=C(C)[C@H]1CC[C@]2(C)[C@@H](O)CC[C@@](C)(O)[C@H]2C1. The molecule has 0 saturated heterocycles. The maximum atomic E-state index is 10.6. The number of rotatable bonds is 1. The van der Waals surface area contributed by atoms with Crippen LogP contribution in [-0.4, -0.2) is 21.9 Å². The van der Waals surface area contributed by atoms with Gasteiger partial charge in [0.1, 0.15) is 0 Å². The molecule has 0 radical (unpaired) electrons. The van der Waals surface area contributed by atoms with Gasteiger partial charge in [0.05, 0.1) is 11.7 Å². The summed E-state index contributed by atoms with van der Waals surface area (Å²) in [5.74, 6) is 0.721. The van der Waals surface area contributed by atoms with Gasteiger partial charge >= 0.3 is 0 Å². The fourth-order valence-corrected chi connectivity index (χ4v) is 4.07. The van der Waals surface area contributed by atoms with Crippen molar-refractivity contribution >= 4 is 0 Å². The molecule has 0 aromatic heterocycles. The van der Waals surface area contributed by atoms with Crippen LogP contribution < -0.4 is 0 Å². The average Bonchev–Trinajstić information content (AvgIpc) is 2.24. The largest absolute Gasteiger partial charge is 0.393 e. The first-order chi connectivity index (χ1) is 7.77. The summed E-state index contributed by atoms with van der Waals surface area (Å²) < 4.78 is 0. The van der Waals surface area contributed by atoms with E-state index in [1.807, 2.05) is 6.92 Å². The zero-order valence-electron chi connectivity index (χ0n) is 11.4. The average molecular weight is 238 g/mol. The molecule has 2 N–H and O–H groups in total. The van der Waals surface area contributed by atoms with E-state index in [0.717, 1.165) is 32.1 Å². The molecule has 2 fully saturated rings. The highest BCUT2D eigenvalue weighted by molar-refractivity contribution is 5.09. The van der Waals surface area contributed by atoms with Gasteiger partial charge in [-0.2, -0.15) is 0 Å². The lowest BCUT2D eigenvalue weighted by Gasteiger charge is -2.56. The highest BCUT2D eigenvalue weighted by Gasteiger charge is 2.54. The number of aliphatic hydroxyl groups excluding tert-OH is 1. The zero-order chi connectivity index (χ0) is 12.8. The fourth-order valence-electron chi connectivity index (χ4n) is 4.07. The van der Waals surface area contributed by atoms with Crippen molar-refractivity contribution in [3.8, 4) is 0 Å². The summed E-state index contributed by atoms with van der Waals surface area (Å²) in [4.78, 5) is 0. The maximum Gasteiger partial charge on any atom is 0.0655 e. The summed E-state index contributed by atoms with van der Waals surface area (Å²) >= 11 is 0. The smallest absolute Gasteiger partial charge is 0.0655 e. The summed E-state index contributed by atoms with van der Waals surface area (Å²) in [5.41, 5.74) is 0.499. The van der Waals surface area contributed by atoms with E-state index in [4.69, 9.17) is 0 Å². The Balaban J connectivity index is 2.27. The van der Waals surface area contributed by atoms with Gasteiger partial charge in [0.2, 0.25) is 0 Å². The van der Waals surface area contributed by atoms with Crippen LogP contribution >= 0.6 is 0 Å². The highest BCUT2D eigenvalue weighted by atomic mass is 16.3. The van der Waals surface area contributed by atoms with Crippen LogP contribution in [0.5, 0.6) is 0 Å². The molecule has 98 valence electrons. The van der Waals surface area contributed by atoms with Gasteiger partial charge in [-0.1, -0.05) is 19.1 Å². The van der Waals surface area contributed by atoms with Gasteiger partial charge < -0.3 is 10.2 Å². The zero-order valence-corrected chi connectivity index (χ0v) is 11.4. The van der Waals surface area contributed by atoms with Crippen molar-refractivity contribution in [3.05, 3.63) is 12.2 Å². The minimum absolute atomic E-state index is 0.103. The molecular weight excluding hydrogens is 212 g/mol. The number of fused-ring (bicyclic) bond motifs is 1. The molecular formula is C15H26O2. The Morgan fingerprint density at radius 3 is 2.47 bits per heavy atom. The first kappa shape index (κ1) is 13.1. The molecule has 2 aliphatic rings. The number of hydrogen-bond donors (Lipinski definition) is 2. The summed E-state index contributed by atoms with van der Waals surface area (Å²) in [5, 5.41) is 20.9. The second-order valence-corrected chi connectivity index (χ2v) is 6.79. The van der Waals surface area contributed by atoms with E-state index in [0.29, 0.717) is 5.92 Å². The molecule has 5 atom stereocenters. The molecule has 2 rings (SSSR count). The Bertz CT molecular complexity index is 321. The lowest BCUT2D eigenvalue weighted by atomic mass is 9.52. The minimum Gasteiger partial charge on any atom is -0.393 e. The third-order valence-corrected chi connectivity index (χ3v) is 5.48. The van der Waals surface area contributed by atoms with Crippen molar-refractivity contribution in [3.63, 3.8) is 0 Å². The van der Waals surface area contributed by atoms with Crippen LogP contribution in [0.15, 0.2) is 12.2 Å². The number of aliphatic hydroxyl groups is 2. The van der Waals surface area contributed by atoms with Gasteiger partial charge in [0.25, 0.3) is 0 Å². The van der Waals surface area contributed by atoms with E-state index in [-0.39, 0.29) is 17.4 Å². The second-order valence-electron chi connectivity index (χ2n) is 6.79. The molecule has 2 heteroatoms. The van der Waals surface area contributed by atoms with Crippen LogP contribution in [0, 0.1) is 17.3 Å². The van der Waals surface area contributed by atoms with Crippen LogP contribution in [0.1, 0.15) is 52.9 Å². The first-order valence-corrected chi connectivity index (χ1v) is 6.83. The predicted molar refractivity (Wildman–Crippen MR) is 69.6 cm³/mol. The normalized spacial score (nSPS) is 50.8. The van der Waals surface area contributed by atoms with Gasteiger partial charge in [-0.05, 0) is 63.2 Å². The molecule has 2 saturated carbocycles. The Morgan fingerprint density at radius 1 is 1.24 bits per heavy atom. The highest BCUT2D eigenvalue weighted by Crippen LogP contribution is 2.56. The van der Waals surface area contributed by atoms with Crippen LogP contribution in [0.2, 0.25) is 0 Å². The van der Waals surface area contributed by atoms with Crippen LogP contribution in [0.4, 0.5) is 0 Å². The van der Waals surface area contributed by atoms with Crippen LogP contribution in [0.3, 0.4) is 0 Å². The van der Waals surface area contributed by atoms with Crippen molar-refractivity contribution in [2.45, 2.75) is 64.6 Å².